The molecule has 0 unspecified atom stereocenters. The van der Waals surface area contributed by atoms with Crippen LogP contribution in [-0.4, -0.2) is 32.9 Å². The minimum atomic E-state index is -1.05. The molecule has 0 fully saturated rings. The second kappa shape index (κ2) is 7.32. The van der Waals surface area contributed by atoms with Gasteiger partial charge in [0.25, 0.3) is 0 Å². The van der Waals surface area contributed by atoms with E-state index in [-0.39, 0.29) is 5.56 Å². The van der Waals surface area contributed by atoms with Crippen LogP contribution in [0, 0.1) is 0 Å². The molecule has 2 aromatic heterocycles. The number of carbonyl (C=O) groups is 1. The van der Waals surface area contributed by atoms with Crippen molar-refractivity contribution in [3.8, 4) is 28.3 Å². The number of hydrogen-bond acceptors (Lipinski definition) is 4. The van der Waals surface area contributed by atoms with Gasteiger partial charge in [-0.2, -0.15) is 5.10 Å². The third-order valence-corrected chi connectivity index (χ3v) is 4.60. The van der Waals surface area contributed by atoms with Crippen LogP contribution in [0.3, 0.4) is 0 Å². The summed E-state index contributed by atoms with van der Waals surface area (Å²) in [5.74, 6) is -0.299. The Kier molecular flexibility index (Phi) is 4.71. The van der Waals surface area contributed by atoms with E-state index in [2.05, 4.69) is 15.2 Å². The lowest BCUT2D eigenvalue weighted by Crippen LogP contribution is -2.00. The minimum Gasteiger partial charge on any atom is -0.494 e. The number of benzene rings is 2. The van der Waals surface area contributed by atoms with Crippen molar-refractivity contribution in [2.45, 2.75) is 6.92 Å². The van der Waals surface area contributed by atoms with Gasteiger partial charge in [0.15, 0.2) is 5.65 Å². The molecule has 0 aliphatic carbocycles. The van der Waals surface area contributed by atoms with Gasteiger partial charge < -0.3 is 9.84 Å². The van der Waals surface area contributed by atoms with Gasteiger partial charge in [-0.25, -0.2) is 9.78 Å². The van der Waals surface area contributed by atoms with E-state index in [1.807, 2.05) is 31.2 Å². The Balaban J connectivity index is 1.85. The zero-order valence-electron chi connectivity index (χ0n) is 14.9. The predicted octanol–water partition coefficient (Wildman–Crippen LogP) is 5.04. The summed E-state index contributed by atoms with van der Waals surface area (Å²) in [5.41, 5.74) is 3.16. The number of ether oxygens (including phenoxy) is 1. The molecule has 0 bridgehead atoms. The number of carboxylic acids is 1. The van der Waals surface area contributed by atoms with E-state index in [1.54, 1.807) is 30.3 Å². The molecule has 6 nitrogen and oxygen atoms in total. The summed E-state index contributed by atoms with van der Waals surface area (Å²) in [5, 5.41) is 18.0. The van der Waals surface area contributed by atoms with Gasteiger partial charge in [-0.3, -0.25) is 5.10 Å². The fraction of sp³-hybridized carbons (Fsp3) is 0.0952. The number of rotatable bonds is 5. The molecule has 0 saturated carbocycles. The maximum atomic E-state index is 12.0. The summed E-state index contributed by atoms with van der Waals surface area (Å²) >= 11 is 5.95. The number of aromatic carboxylic acids is 1. The summed E-state index contributed by atoms with van der Waals surface area (Å²) in [6, 6.07) is 16.0. The molecule has 2 N–H and O–H groups in total. The van der Waals surface area contributed by atoms with Crippen molar-refractivity contribution < 1.29 is 14.6 Å². The van der Waals surface area contributed by atoms with Crippen LogP contribution in [-0.2, 0) is 0 Å². The number of halogens is 1. The molecule has 0 saturated heterocycles. The molecular weight excluding hydrogens is 378 g/mol. The van der Waals surface area contributed by atoms with E-state index in [4.69, 9.17) is 16.3 Å². The van der Waals surface area contributed by atoms with Gasteiger partial charge in [0.2, 0.25) is 0 Å². The Morgan fingerprint density at radius 1 is 1.11 bits per heavy atom. The van der Waals surface area contributed by atoms with Crippen LogP contribution in [0.2, 0.25) is 5.02 Å². The minimum absolute atomic E-state index is 0.132. The standard InChI is InChI=1S/C21H16ClN3O3/c1-2-28-15-9-5-12(6-10-15)17-11-16(21(26)27)18-19(24-25-20(18)23-17)13-3-7-14(22)8-4-13/h3-11H,2H2,1H3,(H,26,27)(H,23,24,25). The SMILES string of the molecule is CCOc1ccc(-c2cc(C(=O)O)c3c(-c4ccc(Cl)cc4)[nH]nc3n2)cc1. The van der Waals surface area contributed by atoms with E-state index in [0.717, 1.165) is 16.9 Å². The first-order valence-corrected chi connectivity index (χ1v) is 9.06. The van der Waals surface area contributed by atoms with Crippen LogP contribution in [0.4, 0.5) is 0 Å². The summed E-state index contributed by atoms with van der Waals surface area (Å²) < 4.78 is 5.45. The molecule has 2 heterocycles. The number of hydrogen-bond donors (Lipinski definition) is 2. The van der Waals surface area contributed by atoms with Crippen molar-refractivity contribution in [1.29, 1.82) is 0 Å². The smallest absolute Gasteiger partial charge is 0.336 e. The van der Waals surface area contributed by atoms with E-state index in [9.17, 15) is 9.90 Å². The van der Waals surface area contributed by atoms with E-state index in [1.165, 1.54) is 0 Å². The van der Waals surface area contributed by atoms with E-state index >= 15 is 0 Å². The van der Waals surface area contributed by atoms with Crippen LogP contribution in [0.5, 0.6) is 5.75 Å². The highest BCUT2D eigenvalue weighted by Crippen LogP contribution is 2.32. The van der Waals surface area contributed by atoms with Crippen LogP contribution >= 0.6 is 11.6 Å². The van der Waals surface area contributed by atoms with Crippen molar-refractivity contribution in [1.82, 2.24) is 15.2 Å². The Hall–Kier alpha value is -3.38. The lowest BCUT2D eigenvalue weighted by molar-refractivity contribution is 0.0699. The highest BCUT2D eigenvalue weighted by molar-refractivity contribution is 6.30. The van der Waals surface area contributed by atoms with Crippen molar-refractivity contribution in [2.24, 2.45) is 0 Å². The van der Waals surface area contributed by atoms with E-state index < -0.39 is 5.97 Å². The average Bonchev–Trinajstić information content (AvgIpc) is 3.12. The van der Waals surface area contributed by atoms with Gasteiger partial charge in [-0.05, 0) is 49.4 Å². The summed E-state index contributed by atoms with van der Waals surface area (Å²) in [7, 11) is 0. The second-order valence-electron chi connectivity index (χ2n) is 6.12. The van der Waals surface area contributed by atoms with Crippen LogP contribution in [0.15, 0.2) is 54.6 Å². The molecule has 0 amide bonds. The molecule has 28 heavy (non-hydrogen) atoms. The molecule has 7 heteroatoms. The van der Waals surface area contributed by atoms with E-state index in [0.29, 0.717) is 34.1 Å². The fourth-order valence-corrected chi connectivity index (χ4v) is 3.18. The normalized spacial score (nSPS) is 10.9. The van der Waals surface area contributed by atoms with Gasteiger partial charge in [0, 0.05) is 16.1 Å². The first kappa shape index (κ1) is 18.0. The van der Waals surface area contributed by atoms with Gasteiger partial charge in [-0.1, -0.05) is 23.7 Å². The summed E-state index contributed by atoms with van der Waals surface area (Å²) in [6.07, 6.45) is 0. The second-order valence-corrected chi connectivity index (χ2v) is 6.56. The number of nitrogens with one attached hydrogen (secondary N) is 1. The predicted molar refractivity (Wildman–Crippen MR) is 108 cm³/mol. The Morgan fingerprint density at radius 2 is 1.79 bits per heavy atom. The molecule has 0 aliphatic heterocycles. The number of H-pyrrole nitrogens is 1. The molecule has 0 spiro atoms. The van der Waals surface area contributed by atoms with Crippen molar-refractivity contribution in [3.63, 3.8) is 0 Å². The van der Waals surface area contributed by atoms with Crippen molar-refractivity contribution >= 4 is 28.6 Å². The third kappa shape index (κ3) is 3.30. The Morgan fingerprint density at radius 3 is 2.43 bits per heavy atom. The highest BCUT2D eigenvalue weighted by atomic mass is 35.5. The number of pyridine rings is 1. The molecule has 0 aliphatic rings. The highest BCUT2D eigenvalue weighted by Gasteiger charge is 2.19. The molecule has 140 valence electrons. The van der Waals surface area contributed by atoms with Gasteiger partial charge in [0.1, 0.15) is 5.75 Å². The summed E-state index contributed by atoms with van der Waals surface area (Å²) in [6.45, 7) is 2.49. The monoisotopic (exact) mass is 393 g/mol. The fourth-order valence-electron chi connectivity index (χ4n) is 3.05. The third-order valence-electron chi connectivity index (χ3n) is 4.35. The first-order chi connectivity index (χ1) is 13.6. The molecule has 0 atom stereocenters. The van der Waals surface area contributed by atoms with Crippen LogP contribution < -0.4 is 4.74 Å². The van der Waals surface area contributed by atoms with Gasteiger partial charge >= 0.3 is 5.97 Å². The van der Waals surface area contributed by atoms with Crippen LogP contribution in [0.1, 0.15) is 17.3 Å². The summed E-state index contributed by atoms with van der Waals surface area (Å²) in [4.78, 5) is 16.5. The number of nitrogens with zero attached hydrogens (tertiary/aromatic N) is 2. The quantitative estimate of drug-likeness (QED) is 0.495. The van der Waals surface area contributed by atoms with Gasteiger partial charge in [0.05, 0.1) is 28.9 Å². The lowest BCUT2D eigenvalue weighted by Gasteiger charge is -2.07. The number of fused-ring (bicyclic) bond motifs is 1. The molecule has 2 aromatic carbocycles. The average molecular weight is 394 g/mol. The zero-order valence-corrected chi connectivity index (χ0v) is 15.7. The molecule has 0 radical (unpaired) electrons. The number of aromatic amines is 1. The maximum Gasteiger partial charge on any atom is 0.336 e. The Bertz CT molecular complexity index is 1150. The molecule has 4 aromatic rings. The molecule has 4 rings (SSSR count). The van der Waals surface area contributed by atoms with Crippen molar-refractivity contribution in [2.75, 3.05) is 6.61 Å². The van der Waals surface area contributed by atoms with Gasteiger partial charge in [-0.15, -0.1) is 0 Å². The van der Waals surface area contributed by atoms with Crippen LogP contribution in [0.25, 0.3) is 33.5 Å². The van der Waals surface area contributed by atoms with Crippen molar-refractivity contribution in [3.05, 3.63) is 65.2 Å². The number of carboxylic acid groups (broad SMARTS) is 1. The topological polar surface area (TPSA) is 88.1 Å². The first-order valence-electron chi connectivity index (χ1n) is 8.68. The number of aromatic nitrogens is 3. The maximum absolute atomic E-state index is 12.0. The zero-order chi connectivity index (χ0) is 19.7. The lowest BCUT2D eigenvalue weighted by atomic mass is 10.0. The Labute approximate surface area is 165 Å². The largest absolute Gasteiger partial charge is 0.494 e. The molecular formula is C21H16ClN3O3.